The molecule has 4 rings (SSSR count). The van der Waals surface area contributed by atoms with Crippen LogP contribution in [0.3, 0.4) is 0 Å². The smallest absolute Gasteiger partial charge is 0.269 e. The second kappa shape index (κ2) is 7.78. The molecule has 0 fully saturated rings. The molecule has 0 unspecified atom stereocenters. The largest absolute Gasteiger partial charge is 0.439 e. The molecule has 1 aromatic carbocycles. The SMILES string of the molecule is CNCc1cn(S(=O)(=O)c2cccnc2)c2cc(Oc3cc(Cl)ncn3)ccc12. The van der Waals surface area contributed by atoms with Gasteiger partial charge in [0.25, 0.3) is 10.0 Å². The summed E-state index contributed by atoms with van der Waals surface area (Å²) in [6.07, 6.45) is 5.74. The molecule has 0 atom stereocenters. The molecule has 3 aromatic heterocycles. The summed E-state index contributed by atoms with van der Waals surface area (Å²) in [5, 5.41) is 4.09. The number of hydrogen-bond acceptors (Lipinski definition) is 7. The van der Waals surface area contributed by atoms with Crippen molar-refractivity contribution in [1.29, 1.82) is 0 Å². The average Bonchev–Trinajstić information content (AvgIpc) is 3.08. The van der Waals surface area contributed by atoms with E-state index in [9.17, 15) is 8.42 Å². The number of nitrogens with one attached hydrogen (secondary N) is 1. The maximum atomic E-state index is 13.2. The van der Waals surface area contributed by atoms with Crippen LogP contribution in [0.25, 0.3) is 10.9 Å². The molecule has 3 heterocycles. The van der Waals surface area contributed by atoms with Crippen molar-refractivity contribution in [2.45, 2.75) is 11.4 Å². The molecule has 10 heteroatoms. The number of rotatable bonds is 6. The van der Waals surface area contributed by atoms with E-state index in [0.717, 1.165) is 10.9 Å². The third-order valence-electron chi connectivity index (χ3n) is 4.22. The molecule has 0 aliphatic rings. The van der Waals surface area contributed by atoms with Crippen molar-refractivity contribution in [2.75, 3.05) is 7.05 Å². The number of nitrogens with zero attached hydrogens (tertiary/aromatic N) is 4. The van der Waals surface area contributed by atoms with Crippen molar-refractivity contribution in [1.82, 2.24) is 24.2 Å². The van der Waals surface area contributed by atoms with Crippen molar-refractivity contribution in [3.63, 3.8) is 0 Å². The Bertz CT molecular complexity index is 1280. The van der Waals surface area contributed by atoms with Crippen LogP contribution in [-0.4, -0.2) is 34.4 Å². The number of benzene rings is 1. The van der Waals surface area contributed by atoms with E-state index < -0.39 is 10.0 Å². The Morgan fingerprint density at radius 2 is 2.07 bits per heavy atom. The Balaban J connectivity index is 1.85. The summed E-state index contributed by atoms with van der Waals surface area (Å²) in [7, 11) is -2.03. The fourth-order valence-corrected chi connectivity index (χ4v) is 4.43. The molecular weight excluding hydrogens is 414 g/mol. The normalized spacial score (nSPS) is 11.7. The molecular formula is C19H16ClN5O3S. The third kappa shape index (κ3) is 3.80. The highest BCUT2D eigenvalue weighted by atomic mass is 35.5. The van der Waals surface area contributed by atoms with Gasteiger partial charge in [-0.05, 0) is 36.9 Å². The fourth-order valence-electron chi connectivity index (χ4n) is 2.95. The first-order valence-electron chi connectivity index (χ1n) is 8.58. The standard InChI is InChI=1S/C19H16ClN5O3S/c1-21-9-13-11-25(29(26,27)15-3-2-6-22-10-15)17-7-14(4-5-16(13)17)28-19-8-18(20)23-12-24-19/h2-8,10-12,21H,9H2,1H3. The number of pyridine rings is 1. The van der Waals surface area contributed by atoms with E-state index in [1.54, 1.807) is 31.4 Å². The predicted octanol–water partition coefficient (Wildman–Crippen LogP) is 3.23. The van der Waals surface area contributed by atoms with Crippen molar-refractivity contribution < 1.29 is 13.2 Å². The van der Waals surface area contributed by atoms with Crippen molar-refractivity contribution >= 4 is 32.5 Å². The van der Waals surface area contributed by atoms with Gasteiger partial charge < -0.3 is 10.1 Å². The van der Waals surface area contributed by atoms with E-state index in [1.807, 2.05) is 6.07 Å². The van der Waals surface area contributed by atoms with Gasteiger partial charge in [0.1, 0.15) is 22.1 Å². The molecule has 0 saturated carbocycles. The second-order valence-corrected chi connectivity index (χ2v) is 8.34. The van der Waals surface area contributed by atoms with E-state index in [-0.39, 0.29) is 15.9 Å². The third-order valence-corrected chi connectivity index (χ3v) is 6.08. The van der Waals surface area contributed by atoms with Gasteiger partial charge in [-0.3, -0.25) is 4.98 Å². The molecule has 8 nitrogen and oxygen atoms in total. The van der Waals surface area contributed by atoms with Crippen LogP contribution in [0.4, 0.5) is 0 Å². The fraction of sp³-hybridized carbons (Fsp3) is 0.105. The topological polar surface area (TPSA) is 99.0 Å². The van der Waals surface area contributed by atoms with Crippen LogP contribution >= 0.6 is 11.6 Å². The number of fused-ring (bicyclic) bond motifs is 1. The maximum Gasteiger partial charge on any atom is 0.269 e. The zero-order valence-corrected chi connectivity index (χ0v) is 16.9. The molecule has 0 bridgehead atoms. The number of hydrogen-bond donors (Lipinski definition) is 1. The van der Waals surface area contributed by atoms with E-state index in [2.05, 4.69) is 20.3 Å². The average molecular weight is 430 g/mol. The minimum atomic E-state index is -3.84. The van der Waals surface area contributed by atoms with Gasteiger partial charge in [0.15, 0.2) is 0 Å². The van der Waals surface area contributed by atoms with Gasteiger partial charge in [0.2, 0.25) is 5.88 Å². The minimum absolute atomic E-state index is 0.0989. The Morgan fingerprint density at radius 1 is 1.21 bits per heavy atom. The molecule has 0 aliphatic heterocycles. The van der Waals surface area contributed by atoms with Gasteiger partial charge in [-0.25, -0.2) is 22.4 Å². The minimum Gasteiger partial charge on any atom is -0.439 e. The molecule has 0 amide bonds. The first kappa shape index (κ1) is 19.3. The summed E-state index contributed by atoms with van der Waals surface area (Å²) in [5.74, 6) is 0.678. The number of ether oxygens (including phenoxy) is 1. The summed E-state index contributed by atoms with van der Waals surface area (Å²) >= 11 is 5.87. The van der Waals surface area contributed by atoms with E-state index in [4.69, 9.17) is 16.3 Å². The molecule has 0 saturated heterocycles. The maximum absolute atomic E-state index is 13.2. The molecule has 0 radical (unpaired) electrons. The summed E-state index contributed by atoms with van der Waals surface area (Å²) in [6, 6.07) is 9.78. The van der Waals surface area contributed by atoms with E-state index in [1.165, 1.54) is 34.8 Å². The van der Waals surface area contributed by atoms with E-state index in [0.29, 0.717) is 17.8 Å². The molecule has 0 aliphatic carbocycles. The van der Waals surface area contributed by atoms with Crippen LogP contribution in [0.1, 0.15) is 5.56 Å². The Labute approximate surface area is 172 Å². The predicted molar refractivity (Wildman–Crippen MR) is 109 cm³/mol. The summed E-state index contributed by atoms with van der Waals surface area (Å²) in [6.45, 7) is 0.508. The summed E-state index contributed by atoms with van der Waals surface area (Å²) in [5.41, 5.74) is 1.32. The zero-order chi connectivity index (χ0) is 20.4. The monoisotopic (exact) mass is 429 g/mol. The lowest BCUT2D eigenvalue weighted by molar-refractivity contribution is 0.462. The van der Waals surface area contributed by atoms with Gasteiger partial charge in [0, 0.05) is 42.7 Å². The number of aromatic nitrogens is 4. The second-order valence-electron chi connectivity index (χ2n) is 6.13. The van der Waals surface area contributed by atoms with Crippen LogP contribution in [0.2, 0.25) is 5.15 Å². The van der Waals surface area contributed by atoms with Crippen molar-refractivity contribution in [3.8, 4) is 11.6 Å². The first-order valence-corrected chi connectivity index (χ1v) is 10.4. The highest BCUT2D eigenvalue weighted by Crippen LogP contribution is 2.31. The highest BCUT2D eigenvalue weighted by molar-refractivity contribution is 7.90. The van der Waals surface area contributed by atoms with Gasteiger partial charge >= 0.3 is 0 Å². The van der Waals surface area contributed by atoms with Crippen molar-refractivity contribution in [3.05, 3.63) is 72.0 Å². The Morgan fingerprint density at radius 3 is 2.79 bits per heavy atom. The molecule has 148 valence electrons. The van der Waals surface area contributed by atoms with Gasteiger partial charge in [-0.1, -0.05) is 11.6 Å². The first-order chi connectivity index (χ1) is 14.0. The molecule has 4 aromatic rings. The molecule has 1 N–H and O–H groups in total. The zero-order valence-electron chi connectivity index (χ0n) is 15.3. The quantitative estimate of drug-likeness (QED) is 0.470. The highest BCUT2D eigenvalue weighted by Gasteiger charge is 2.22. The lowest BCUT2D eigenvalue weighted by Gasteiger charge is -2.09. The van der Waals surface area contributed by atoms with Crippen molar-refractivity contribution in [2.24, 2.45) is 0 Å². The van der Waals surface area contributed by atoms with Crippen LogP contribution in [0.5, 0.6) is 11.6 Å². The lowest BCUT2D eigenvalue weighted by Crippen LogP contribution is -2.12. The Kier molecular flexibility index (Phi) is 5.18. The lowest BCUT2D eigenvalue weighted by atomic mass is 10.1. The van der Waals surface area contributed by atoms with E-state index >= 15 is 0 Å². The van der Waals surface area contributed by atoms with Crippen LogP contribution in [0, 0.1) is 0 Å². The Hall–Kier alpha value is -3.01. The van der Waals surface area contributed by atoms with Gasteiger partial charge in [-0.15, -0.1) is 0 Å². The van der Waals surface area contributed by atoms with Gasteiger partial charge in [-0.2, -0.15) is 0 Å². The number of halogens is 1. The molecule has 29 heavy (non-hydrogen) atoms. The summed E-state index contributed by atoms with van der Waals surface area (Å²) < 4.78 is 33.4. The van der Waals surface area contributed by atoms with Gasteiger partial charge in [0.05, 0.1) is 5.52 Å². The molecule has 0 spiro atoms. The van der Waals surface area contributed by atoms with Crippen LogP contribution in [-0.2, 0) is 16.6 Å². The van der Waals surface area contributed by atoms with Crippen LogP contribution < -0.4 is 10.1 Å². The summed E-state index contributed by atoms with van der Waals surface area (Å²) in [4.78, 5) is 11.8. The van der Waals surface area contributed by atoms with Crippen LogP contribution in [0.15, 0.2) is 66.2 Å².